The van der Waals surface area contributed by atoms with Crippen molar-refractivity contribution in [3.8, 4) is 0 Å². The highest BCUT2D eigenvalue weighted by Crippen LogP contribution is 2.13. The third-order valence-electron chi connectivity index (χ3n) is 1.65. The first-order valence-electron chi connectivity index (χ1n) is 3.54. The highest BCUT2D eigenvalue weighted by molar-refractivity contribution is 5.20. The first kappa shape index (κ1) is 6.37. The van der Waals surface area contributed by atoms with Gasteiger partial charge in [-0.2, -0.15) is 0 Å². The Morgan fingerprint density at radius 1 is 1.45 bits per heavy atom. The van der Waals surface area contributed by atoms with E-state index in [9.17, 15) is 0 Å². The SMILES string of the molecule is C1=CC(c2cccnc2)NN1. The second kappa shape index (κ2) is 2.72. The van der Waals surface area contributed by atoms with Gasteiger partial charge in [0, 0.05) is 18.6 Å². The van der Waals surface area contributed by atoms with Gasteiger partial charge in [0.25, 0.3) is 0 Å². The molecule has 11 heavy (non-hydrogen) atoms. The quantitative estimate of drug-likeness (QED) is 0.615. The number of rotatable bonds is 1. The van der Waals surface area contributed by atoms with Gasteiger partial charge >= 0.3 is 0 Å². The number of hydrazine groups is 1. The summed E-state index contributed by atoms with van der Waals surface area (Å²) < 4.78 is 0. The molecule has 1 atom stereocenters. The lowest BCUT2D eigenvalue weighted by atomic mass is 10.1. The molecule has 0 radical (unpaired) electrons. The van der Waals surface area contributed by atoms with Crippen molar-refractivity contribution in [3.05, 3.63) is 42.4 Å². The minimum Gasteiger partial charge on any atom is -0.328 e. The maximum absolute atomic E-state index is 4.03. The summed E-state index contributed by atoms with van der Waals surface area (Å²) in [6, 6.07) is 4.24. The summed E-state index contributed by atoms with van der Waals surface area (Å²) in [5.74, 6) is 0. The average molecular weight is 147 g/mol. The van der Waals surface area contributed by atoms with Crippen LogP contribution in [0.5, 0.6) is 0 Å². The van der Waals surface area contributed by atoms with Gasteiger partial charge in [0.15, 0.2) is 0 Å². The molecule has 2 rings (SSSR count). The summed E-state index contributed by atoms with van der Waals surface area (Å²) in [6.45, 7) is 0. The van der Waals surface area contributed by atoms with Crippen molar-refractivity contribution in [1.82, 2.24) is 15.8 Å². The third kappa shape index (κ3) is 1.23. The van der Waals surface area contributed by atoms with Crippen LogP contribution in [0.3, 0.4) is 0 Å². The van der Waals surface area contributed by atoms with Crippen molar-refractivity contribution in [2.75, 3.05) is 0 Å². The molecule has 1 aliphatic heterocycles. The molecule has 0 saturated heterocycles. The normalized spacial score (nSPS) is 21.6. The van der Waals surface area contributed by atoms with Crippen LogP contribution >= 0.6 is 0 Å². The Morgan fingerprint density at radius 2 is 2.45 bits per heavy atom. The molecule has 2 heterocycles. The Hall–Kier alpha value is -1.35. The zero-order valence-electron chi connectivity index (χ0n) is 5.99. The standard InChI is InChI=1S/C8H9N3/c1-2-7(6-9-4-1)8-3-5-10-11-8/h1-6,8,10-11H. The first-order valence-corrected chi connectivity index (χ1v) is 3.54. The summed E-state index contributed by atoms with van der Waals surface area (Å²) in [6.07, 6.45) is 7.57. The molecule has 1 aromatic rings. The van der Waals surface area contributed by atoms with E-state index in [1.807, 2.05) is 24.5 Å². The largest absolute Gasteiger partial charge is 0.328 e. The molecule has 1 unspecified atom stereocenters. The fourth-order valence-corrected chi connectivity index (χ4v) is 1.08. The fourth-order valence-electron chi connectivity index (χ4n) is 1.08. The van der Waals surface area contributed by atoms with Crippen LogP contribution in [0, 0.1) is 0 Å². The van der Waals surface area contributed by atoms with E-state index in [-0.39, 0.29) is 6.04 Å². The minimum absolute atomic E-state index is 0.267. The van der Waals surface area contributed by atoms with Crippen molar-refractivity contribution >= 4 is 0 Å². The lowest BCUT2D eigenvalue weighted by molar-refractivity contribution is 0.608. The molecule has 1 aliphatic rings. The number of nitrogens with zero attached hydrogens (tertiary/aromatic N) is 1. The summed E-state index contributed by atoms with van der Waals surface area (Å²) in [7, 11) is 0. The molecule has 0 saturated carbocycles. The van der Waals surface area contributed by atoms with Crippen molar-refractivity contribution < 1.29 is 0 Å². The van der Waals surface area contributed by atoms with Gasteiger partial charge in [-0.15, -0.1) is 0 Å². The van der Waals surface area contributed by atoms with Crippen molar-refractivity contribution in [2.45, 2.75) is 6.04 Å². The van der Waals surface area contributed by atoms with Gasteiger partial charge in [-0.1, -0.05) is 6.07 Å². The maximum Gasteiger partial charge on any atom is 0.0722 e. The molecular weight excluding hydrogens is 138 g/mol. The molecule has 0 bridgehead atoms. The Morgan fingerprint density at radius 3 is 3.09 bits per heavy atom. The molecule has 2 N–H and O–H groups in total. The smallest absolute Gasteiger partial charge is 0.0722 e. The number of nitrogens with one attached hydrogen (secondary N) is 2. The van der Waals surface area contributed by atoms with E-state index in [2.05, 4.69) is 21.9 Å². The Bertz CT molecular complexity index is 255. The summed E-state index contributed by atoms with van der Waals surface area (Å²) >= 11 is 0. The van der Waals surface area contributed by atoms with E-state index in [1.165, 1.54) is 5.56 Å². The van der Waals surface area contributed by atoms with E-state index < -0.39 is 0 Å². The monoisotopic (exact) mass is 147 g/mol. The Kier molecular flexibility index (Phi) is 1.57. The van der Waals surface area contributed by atoms with E-state index in [1.54, 1.807) is 6.20 Å². The molecule has 56 valence electrons. The van der Waals surface area contributed by atoms with Gasteiger partial charge in [-0.25, -0.2) is 5.43 Å². The number of hydrogen-bond donors (Lipinski definition) is 2. The number of hydrogen-bond acceptors (Lipinski definition) is 3. The van der Waals surface area contributed by atoms with Gasteiger partial charge < -0.3 is 5.43 Å². The first-order chi connectivity index (χ1) is 5.47. The number of aromatic nitrogens is 1. The molecule has 3 heteroatoms. The van der Waals surface area contributed by atoms with Crippen LogP contribution in [0.2, 0.25) is 0 Å². The highest BCUT2D eigenvalue weighted by atomic mass is 15.4. The molecule has 1 aromatic heterocycles. The van der Waals surface area contributed by atoms with Crippen LogP contribution in [0.15, 0.2) is 36.8 Å². The van der Waals surface area contributed by atoms with Crippen LogP contribution in [-0.2, 0) is 0 Å². The second-order valence-corrected chi connectivity index (χ2v) is 2.41. The number of pyridine rings is 1. The lowest BCUT2D eigenvalue weighted by Crippen LogP contribution is -2.24. The van der Waals surface area contributed by atoms with Crippen LogP contribution in [0.1, 0.15) is 11.6 Å². The van der Waals surface area contributed by atoms with E-state index in [0.717, 1.165) is 0 Å². The van der Waals surface area contributed by atoms with Crippen molar-refractivity contribution in [2.24, 2.45) is 0 Å². The molecule has 0 spiro atoms. The van der Waals surface area contributed by atoms with Gasteiger partial charge in [-0.3, -0.25) is 4.98 Å². The highest BCUT2D eigenvalue weighted by Gasteiger charge is 2.08. The van der Waals surface area contributed by atoms with Crippen LogP contribution < -0.4 is 10.9 Å². The molecule has 0 fully saturated rings. The van der Waals surface area contributed by atoms with E-state index in [4.69, 9.17) is 0 Å². The van der Waals surface area contributed by atoms with Gasteiger partial charge in [0.1, 0.15) is 0 Å². The van der Waals surface area contributed by atoms with Crippen LogP contribution in [0.4, 0.5) is 0 Å². The lowest BCUT2D eigenvalue weighted by Gasteiger charge is -2.07. The van der Waals surface area contributed by atoms with Gasteiger partial charge in [-0.05, 0) is 17.7 Å². The summed E-state index contributed by atoms with van der Waals surface area (Å²) in [4.78, 5) is 4.03. The fraction of sp³-hybridized carbons (Fsp3) is 0.125. The Labute approximate surface area is 65.1 Å². The summed E-state index contributed by atoms with van der Waals surface area (Å²) in [5.41, 5.74) is 7.16. The van der Waals surface area contributed by atoms with Crippen LogP contribution in [0.25, 0.3) is 0 Å². The topological polar surface area (TPSA) is 37.0 Å². The minimum atomic E-state index is 0.267. The zero-order valence-corrected chi connectivity index (χ0v) is 5.99. The van der Waals surface area contributed by atoms with Crippen molar-refractivity contribution in [1.29, 1.82) is 0 Å². The van der Waals surface area contributed by atoms with Crippen molar-refractivity contribution in [3.63, 3.8) is 0 Å². The maximum atomic E-state index is 4.03. The van der Waals surface area contributed by atoms with Gasteiger partial charge in [0.05, 0.1) is 6.04 Å². The van der Waals surface area contributed by atoms with E-state index >= 15 is 0 Å². The molecule has 0 amide bonds. The van der Waals surface area contributed by atoms with Crippen LogP contribution in [-0.4, -0.2) is 4.98 Å². The third-order valence-corrected chi connectivity index (χ3v) is 1.65. The second-order valence-electron chi connectivity index (χ2n) is 2.41. The summed E-state index contributed by atoms with van der Waals surface area (Å²) in [5, 5.41) is 0. The average Bonchev–Trinajstić information content (AvgIpc) is 2.58. The Balaban J connectivity index is 2.23. The predicted molar refractivity (Wildman–Crippen MR) is 42.4 cm³/mol. The predicted octanol–water partition coefficient (Wildman–Crippen LogP) is 0.744. The molecular formula is C8H9N3. The molecule has 3 nitrogen and oxygen atoms in total. The molecule has 0 aliphatic carbocycles. The van der Waals surface area contributed by atoms with Gasteiger partial charge in [0.2, 0.25) is 0 Å². The zero-order chi connectivity index (χ0) is 7.52. The van der Waals surface area contributed by atoms with E-state index in [0.29, 0.717) is 0 Å². The molecule has 0 aromatic carbocycles.